The number of thioether (sulfide) groups is 1. The van der Waals surface area contributed by atoms with Crippen molar-refractivity contribution in [3.63, 3.8) is 0 Å². The molecule has 3 rings (SSSR count). The number of nitrogens with zero attached hydrogens (tertiary/aromatic N) is 1. The molecule has 0 bridgehead atoms. The second kappa shape index (κ2) is 7.00. The molecule has 2 saturated heterocycles. The Labute approximate surface area is 155 Å². The molecule has 1 aromatic carbocycles. The molecule has 0 aliphatic carbocycles. The van der Waals surface area contributed by atoms with Crippen molar-refractivity contribution in [3.8, 4) is 0 Å². The third kappa shape index (κ3) is 2.63. The summed E-state index contributed by atoms with van der Waals surface area (Å²) in [5, 5.41) is 3.13. The Morgan fingerprint density at radius 2 is 2.04 bits per heavy atom. The highest BCUT2D eigenvalue weighted by Gasteiger charge is 2.68. The number of methoxy groups -OCH3 is 1. The topological polar surface area (TPSA) is 75.7 Å². The molecular weight excluding hydrogens is 359 g/mol. The van der Waals surface area contributed by atoms with Crippen molar-refractivity contribution in [1.82, 2.24) is 10.2 Å². The zero-order valence-electron chi connectivity index (χ0n) is 14.8. The monoisotopic (exact) mass is 380 g/mol. The number of esters is 1. The number of nitrogens with one attached hydrogen (secondary N) is 1. The van der Waals surface area contributed by atoms with Crippen molar-refractivity contribution >= 4 is 29.5 Å². The number of benzene rings is 1. The number of carbonyl (C=O) groups is 3. The SMILES string of the molecule is COC(=O)[C@]1(CCSC)N[C@H](c2ccccc2F)[C@H]2C(=O)N(C)C(=O)[C@@H]21. The van der Waals surface area contributed by atoms with Crippen LogP contribution in [0.1, 0.15) is 18.0 Å². The fourth-order valence-corrected chi connectivity index (χ4v) is 4.63. The maximum absolute atomic E-state index is 14.4. The Bertz CT molecular complexity index is 758. The Morgan fingerprint density at radius 3 is 2.65 bits per heavy atom. The van der Waals surface area contributed by atoms with Gasteiger partial charge in [0.25, 0.3) is 0 Å². The molecule has 8 heteroatoms. The third-order valence-corrected chi connectivity index (χ3v) is 5.98. The van der Waals surface area contributed by atoms with E-state index >= 15 is 0 Å². The summed E-state index contributed by atoms with van der Waals surface area (Å²) in [5.74, 6) is -3.09. The molecule has 0 aromatic heterocycles. The van der Waals surface area contributed by atoms with E-state index in [1.165, 1.54) is 32.0 Å². The van der Waals surface area contributed by atoms with Crippen LogP contribution in [-0.2, 0) is 19.1 Å². The van der Waals surface area contributed by atoms with Crippen molar-refractivity contribution in [1.29, 1.82) is 0 Å². The van der Waals surface area contributed by atoms with E-state index in [1.807, 2.05) is 6.26 Å². The summed E-state index contributed by atoms with van der Waals surface area (Å²) in [6.45, 7) is 0. The van der Waals surface area contributed by atoms with E-state index in [-0.39, 0.29) is 5.56 Å². The van der Waals surface area contributed by atoms with Crippen LogP contribution in [0, 0.1) is 17.7 Å². The first-order valence-corrected chi connectivity index (χ1v) is 9.69. The van der Waals surface area contributed by atoms with E-state index in [0.717, 1.165) is 4.90 Å². The quantitative estimate of drug-likeness (QED) is 0.614. The van der Waals surface area contributed by atoms with Gasteiger partial charge in [0.05, 0.1) is 18.9 Å². The number of imide groups is 1. The van der Waals surface area contributed by atoms with Crippen LogP contribution >= 0.6 is 11.8 Å². The van der Waals surface area contributed by atoms with Crippen LogP contribution in [0.4, 0.5) is 4.39 Å². The van der Waals surface area contributed by atoms with E-state index in [0.29, 0.717) is 12.2 Å². The minimum absolute atomic E-state index is 0.272. The van der Waals surface area contributed by atoms with E-state index in [9.17, 15) is 18.8 Å². The summed E-state index contributed by atoms with van der Waals surface area (Å²) in [5.41, 5.74) is -1.08. The molecule has 2 aliphatic heterocycles. The normalized spacial score (nSPS) is 30.6. The number of hydrogen-bond acceptors (Lipinski definition) is 6. The number of likely N-dealkylation sites (tertiary alicyclic amines) is 1. The van der Waals surface area contributed by atoms with Gasteiger partial charge in [-0.05, 0) is 24.5 Å². The lowest BCUT2D eigenvalue weighted by atomic mass is 9.78. The maximum Gasteiger partial charge on any atom is 0.326 e. The molecule has 2 fully saturated rings. The van der Waals surface area contributed by atoms with Crippen molar-refractivity contribution in [3.05, 3.63) is 35.6 Å². The van der Waals surface area contributed by atoms with E-state index in [2.05, 4.69) is 5.32 Å². The van der Waals surface area contributed by atoms with E-state index in [4.69, 9.17) is 4.74 Å². The molecule has 2 aliphatic rings. The van der Waals surface area contributed by atoms with Gasteiger partial charge in [-0.1, -0.05) is 18.2 Å². The maximum atomic E-state index is 14.4. The molecule has 0 saturated carbocycles. The summed E-state index contributed by atoms with van der Waals surface area (Å²) >= 11 is 1.52. The summed E-state index contributed by atoms with van der Waals surface area (Å²) in [7, 11) is 2.65. The van der Waals surface area contributed by atoms with E-state index < -0.39 is 47.0 Å². The Kier molecular flexibility index (Phi) is 5.07. The third-order valence-electron chi connectivity index (χ3n) is 5.37. The van der Waals surface area contributed by atoms with Crippen LogP contribution in [-0.4, -0.2) is 54.4 Å². The van der Waals surface area contributed by atoms with Crippen LogP contribution in [0.2, 0.25) is 0 Å². The summed E-state index contributed by atoms with van der Waals surface area (Å²) in [6, 6.07) is 5.32. The minimum atomic E-state index is -1.35. The molecule has 2 amide bonds. The first kappa shape index (κ1) is 18.8. The number of ether oxygens (including phenoxy) is 1. The molecule has 1 N–H and O–H groups in total. The lowest BCUT2D eigenvalue weighted by Gasteiger charge is -2.32. The molecule has 0 spiro atoms. The smallest absolute Gasteiger partial charge is 0.326 e. The number of hydrogen-bond donors (Lipinski definition) is 1. The molecular formula is C18H21FN2O4S. The second-order valence-electron chi connectivity index (χ2n) is 6.59. The zero-order valence-corrected chi connectivity index (χ0v) is 15.6. The predicted molar refractivity (Wildman–Crippen MR) is 94.8 cm³/mol. The predicted octanol–water partition coefficient (Wildman–Crippen LogP) is 1.37. The van der Waals surface area contributed by atoms with Crippen LogP contribution in [0.15, 0.2) is 24.3 Å². The molecule has 0 radical (unpaired) electrons. The summed E-state index contributed by atoms with van der Waals surface area (Å²) in [4.78, 5) is 39.3. The van der Waals surface area contributed by atoms with Gasteiger partial charge in [-0.15, -0.1) is 0 Å². The average Bonchev–Trinajstić information content (AvgIpc) is 3.10. The number of carbonyl (C=O) groups excluding carboxylic acids is 3. The van der Waals surface area contributed by atoms with Crippen LogP contribution in [0.5, 0.6) is 0 Å². The van der Waals surface area contributed by atoms with Crippen molar-refractivity contribution < 1.29 is 23.5 Å². The number of rotatable bonds is 5. The van der Waals surface area contributed by atoms with Crippen LogP contribution in [0.3, 0.4) is 0 Å². The van der Waals surface area contributed by atoms with E-state index in [1.54, 1.807) is 18.2 Å². The van der Waals surface area contributed by atoms with Crippen LogP contribution in [0.25, 0.3) is 0 Å². The molecule has 2 heterocycles. The number of halogens is 1. The Hall–Kier alpha value is -1.93. The fourth-order valence-electron chi connectivity index (χ4n) is 4.11. The van der Waals surface area contributed by atoms with Gasteiger partial charge in [-0.3, -0.25) is 24.6 Å². The van der Waals surface area contributed by atoms with Gasteiger partial charge < -0.3 is 4.74 Å². The highest BCUT2D eigenvalue weighted by Crippen LogP contribution is 2.50. The van der Waals surface area contributed by atoms with Crippen molar-refractivity contribution in [2.75, 3.05) is 26.2 Å². The average molecular weight is 380 g/mol. The Morgan fingerprint density at radius 1 is 1.35 bits per heavy atom. The Balaban J connectivity index is 2.15. The second-order valence-corrected chi connectivity index (χ2v) is 7.57. The minimum Gasteiger partial charge on any atom is -0.468 e. The van der Waals surface area contributed by atoms with Crippen LogP contribution < -0.4 is 5.32 Å². The molecule has 6 nitrogen and oxygen atoms in total. The lowest BCUT2D eigenvalue weighted by molar-refractivity contribution is -0.154. The molecule has 0 unspecified atom stereocenters. The van der Waals surface area contributed by atoms with Crippen molar-refractivity contribution in [2.45, 2.75) is 18.0 Å². The van der Waals surface area contributed by atoms with Gasteiger partial charge in [0.15, 0.2) is 0 Å². The molecule has 140 valence electrons. The van der Waals surface area contributed by atoms with Gasteiger partial charge >= 0.3 is 5.97 Å². The zero-order chi connectivity index (χ0) is 19.1. The lowest BCUT2D eigenvalue weighted by Crippen LogP contribution is -2.56. The van der Waals surface area contributed by atoms with Gasteiger partial charge in [-0.25, -0.2) is 4.39 Å². The van der Waals surface area contributed by atoms with Gasteiger partial charge in [0.2, 0.25) is 11.8 Å². The standard InChI is InChI=1S/C18H21FN2O4S/c1-21-15(22)12-13(16(21)23)18(8-9-26-3,17(24)25-2)20-14(12)10-6-4-5-7-11(10)19/h4-7,12-14,20H,8-9H2,1-3H3/t12-,13+,14+,18+/m0/s1. The van der Waals surface area contributed by atoms with Gasteiger partial charge in [-0.2, -0.15) is 11.8 Å². The fraction of sp³-hybridized carbons (Fsp3) is 0.500. The van der Waals surface area contributed by atoms with Crippen molar-refractivity contribution in [2.24, 2.45) is 11.8 Å². The molecule has 1 aromatic rings. The molecule has 26 heavy (non-hydrogen) atoms. The summed E-state index contributed by atoms with van der Waals surface area (Å²) < 4.78 is 19.4. The van der Waals surface area contributed by atoms with Gasteiger partial charge in [0, 0.05) is 18.7 Å². The molecule has 4 atom stereocenters. The number of fused-ring (bicyclic) bond motifs is 1. The highest BCUT2D eigenvalue weighted by molar-refractivity contribution is 7.98. The largest absolute Gasteiger partial charge is 0.468 e. The first-order valence-electron chi connectivity index (χ1n) is 8.30. The summed E-state index contributed by atoms with van der Waals surface area (Å²) in [6.07, 6.45) is 2.19. The van der Waals surface area contributed by atoms with Gasteiger partial charge in [0.1, 0.15) is 11.4 Å². The highest BCUT2D eigenvalue weighted by atomic mass is 32.2. The first-order chi connectivity index (χ1) is 12.4. The number of amides is 2.